The predicted molar refractivity (Wildman–Crippen MR) is 63.6 cm³/mol. The number of aromatic amines is 1. The van der Waals surface area contributed by atoms with Crippen LogP contribution in [0.1, 0.15) is 30.3 Å². The molecule has 0 aromatic carbocycles. The number of rotatable bonds is 1. The van der Waals surface area contributed by atoms with E-state index in [1.165, 1.54) is 6.92 Å². The van der Waals surface area contributed by atoms with Crippen LogP contribution in [0.4, 0.5) is 5.69 Å². The van der Waals surface area contributed by atoms with Crippen LogP contribution in [0.5, 0.6) is 0 Å². The van der Waals surface area contributed by atoms with Crippen molar-refractivity contribution in [1.29, 1.82) is 0 Å². The Morgan fingerprint density at radius 3 is 2.76 bits per heavy atom. The highest BCUT2D eigenvalue weighted by atomic mass is 32.2. The molecule has 1 fully saturated rings. The summed E-state index contributed by atoms with van der Waals surface area (Å²) in [6, 6.07) is 1.54. The number of anilines is 1. The number of aromatic nitrogens is 1. The number of hydrogen-bond donors (Lipinski definition) is 2. The van der Waals surface area contributed by atoms with E-state index >= 15 is 0 Å². The van der Waals surface area contributed by atoms with E-state index in [4.69, 9.17) is 5.11 Å². The zero-order valence-electron chi connectivity index (χ0n) is 9.32. The standard InChI is InChI=1S/C11H12N2O3S/c1-6(14)13-5-11(2-3-11)17-9-8(13)4-7(12-9)10(15)16/h4,12H,2-3,5H2,1H3,(H,15,16). The smallest absolute Gasteiger partial charge is 0.352 e. The van der Waals surface area contributed by atoms with Crippen molar-refractivity contribution in [2.75, 3.05) is 11.4 Å². The Morgan fingerprint density at radius 2 is 2.24 bits per heavy atom. The molecular weight excluding hydrogens is 240 g/mol. The van der Waals surface area contributed by atoms with Gasteiger partial charge in [0, 0.05) is 18.2 Å². The van der Waals surface area contributed by atoms with E-state index in [0.717, 1.165) is 17.9 Å². The highest BCUT2D eigenvalue weighted by molar-refractivity contribution is 8.01. The fourth-order valence-corrected chi connectivity index (χ4v) is 3.49. The van der Waals surface area contributed by atoms with Gasteiger partial charge < -0.3 is 15.0 Å². The van der Waals surface area contributed by atoms with Crippen LogP contribution in [0.15, 0.2) is 11.1 Å². The summed E-state index contributed by atoms with van der Waals surface area (Å²) in [5, 5.41) is 9.77. The third kappa shape index (κ3) is 1.63. The number of fused-ring (bicyclic) bond motifs is 1. The topological polar surface area (TPSA) is 73.4 Å². The number of carboxylic acids is 1. The lowest BCUT2D eigenvalue weighted by Crippen LogP contribution is -2.38. The molecule has 0 bridgehead atoms. The summed E-state index contributed by atoms with van der Waals surface area (Å²) in [4.78, 5) is 27.1. The molecule has 0 atom stereocenters. The monoisotopic (exact) mass is 252 g/mol. The van der Waals surface area contributed by atoms with E-state index in [1.807, 2.05) is 0 Å². The van der Waals surface area contributed by atoms with Crippen LogP contribution in [0.3, 0.4) is 0 Å². The molecule has 2 aliphatic rings. The number of nitrogens with zero attached hydrogens (tertiary/aromatic N) is 1. The summed E-state index contributed by atoms with van der Waals surface area (Å²) in [6.07, 6.45) is 2.17. The molecule has 5 nitrogen and oxygen atoms in total. The van der Waals surface area contributed by atoms with Crippen molar-refractivity contribution in [2.45, 2.75) is 29.5 Å². The van der Waals surface area contributed by atoms with Crippen LogP contribution in [-0.4, -0.2) is 33.3 Å². The molecule has 0 radical (unpaired) electrons. The Kier molecular flexibility index (Phi) is 2.07. The molecular formula is C11H12N2O3S. The molecule has 1 aliphatic carbocycles. The zero-order chi connectivity index (χ0) is 12.2. The summed E-state index contributed by atoms with van der Waals surface area (Å²) in [5.41, 5.74) is 0.851. The first kappa shape index (κ1) is 10.7. The maximum Gasteiger partial charge on any atom is 0.352 e. The first-order valence-corrected chi connectivity index (χ1v) is 6.26. The molecule has 17 heavy (non-hydrogen) atoms. The highest BCUT2D eigenvalue weighted by Gasteiger charge is 2.50. The molecule has 0 unspecified atom stereocenters. The van der Waals surface area contributed by atoms with E-state index in [0.29, 0.717) is 12.2 Å². The van der Waals surface area contributed by atoms with Crippen LogP contribution in [0.25, 0.3) is 0 Å². The Bertz CT molecular complexity index is 519. The number of carbonyl (C=O) groups excluding carboxylic acids is 1. The van der Waals surface area contributed by atoms with Gasteiger partial charge in [-0.25, -0.2) is 4.79 Å². The van der Waals surface area contributed by atoms with Gasteiger partial charge in [0.05, 0.1) is 10.7 Å². The molecule has 1 saturated carbocycles. The third-order valence-electron chi connectivity index (χ3n) is 3.24. The second kappa shape index (κ2) is 3.29. The van der Waals surface area contributed by atoms with Crippen LogP contribution >= 0.6 is 11.8 Å². The van der Waals surface area contributed by atoms with Crippen LogP contribution in [-0.2, 0) is 4.79 Å². The second-order valence-electron chi connectivity index (χ2n) is 4.59. The number of nitrogens with one attached hydrogen (secondary N) is 1. The minimum absolute atomic E-state index is 0.0336. The van der Waals surface area contributed by atoms with Crippen molar-refractivity contribution < 1.29 is 14.7 Å². The third-order valence-corrected chi connectivity index (χ3v) is 4.72. The molecule has 0 saturated heterocycles. The quantitative estimate of drug-likeness (QED) is 0.798. The van der Waals surface area contributed by atoms with Gasteiger partial charge in [-0.15, -0.1) is 0 Å². The maximum atomic E-state index is 11.6. The molecule has 1 amide bonds. The number of hydrogen-bond acceptors (Lipinski definition) is 3. The molecule has 1 aliphatic heterocycles. The molecule has 1 aromatic rings. The summed E-state index contributed by atoms with van der Waals surface area (Å²) >= 11 is 1.67. The Labute approximate surface area is 102 Å². The summed E-state index contributed by atoms with van der Waals surface area (Å²) in [6.45, 7) is 2.21. The number of H-pyrrole nitrogens is 1. The van der Waals surface area contributed by atoms with E-state index in [9.17, 15) is 9.59 Å². The molecule has 1 spiro atoms. The number of carboxylic acid groups (broad SMARTS) is 1. The number of thioether (sulfide) groups is 1. The first-order valence-electron chi connectivity index (χ1n) is 5.44. The van der Waals surface area contributed by atoms with Gasteiger partial charge in [0.2, 0.25) is 5.91 Å². The average Bonchev–Trinajstić information content (AvgIpc) is 2.85. The largest absolute Gasteiger partial charge is 0.477 e. The number of carbonyl (C=O) groups is 2. The molecule has 2 N–H and O–H groups in total. The number of aromatic carboxylic acids is 1. The Balaban J connectivity index is 2.05. The molecule has 6 heteroatoms. The lowest BCUT2D eigenvalue weighted by Gasteiger charge is -2.31. The molecule has 2 heterocycles. The minimum atomic E-state index is -0.992. The molecule has 3 rings (SSSR count). The van der Waals surface area contributed by atoms with Crippen molar-refractivity contribution >= 4 is 29.3 Å². The van der Waals surface area contributed by atoms with Gasteiger partial charge in [-0.3, -0.25) is 4.79 Å². The van der Waals surface area contributed by atoms with Crippen molar-refractivity contribution in [3.05, 3.63) is 11.8 Å². The zero-order valence-corrected chi connectivity index (χ0v) is 10.1. The molecule has 1 aromatic heterocycles. The summed E-state index contributed by atoms with van der Waals surface area (Å²) < 4.78 is 0.124. The fourth-order valence-electron chi connectivity index (χ4n) is 2.12. The fraction of sp³-hybridized carbons (Fsp3) is 0.455. The van der Waals surface area contributed by atoms with E-state index < -0.39 is 5.97 Å². The summed E-state index contributed by atoms with van der Waals surface area (Å²) in [5.74, 6) is -1.03. The minimum Gasteiger partial charge on any atom is -0.477 e. The van der Waals surface area contributed by atoms with Crippen molar-refractivity contribution in [1.82, 2.24) is 4.98 Å². The van der Waals surface area contributed by atoms with Gasteiger partial charge in [-0.1, -0.05) is 11.8 Å². The van der Waals surface area contributed by atoms with Crippen molar-refractivity contribution in [3.63, 3.8) is 0 Å². The Morgan fingerprint density at radius 1 is 1.53 bits per heavy atom. The van der Waals surface area contributed by atoms with Gasteiger partial charge in [0.25, 0.3) is 0 Å². The van der Waals surface area contributed by atoms with Gasteiger partial charge >= 0.3 is 5.97 Å². The van der Waals surface area contributed by atoms with Gasteiger partial charge in [-0.05, 0) is 18.9 Å². The lowest BCUT2D eigenvalue weighted by molar-refractivity contribution is -0.116. The second-order valence-corrected chi connectivity index (χ2v) is 6.07. The normalized spacial score (nSPS) is 20.2. The van der Waals surface area contributed by atoms with Crippen LogP contribution in [0.2, 0.25) is 0 Å². The predicted octanol–water partition coefficient (Wildman–Crippen LogP) is 1.70. The summed E-state index contributed by atoms with van der Waals surface area (Å²) in [7, 11) is 0. The first-order chi connectivity index (χ1) is 8.01. The molecule has 90 valence electrons. The Hall–Kier alpha value is -1.43. The SMILES string of the molecule is CC(=O)N1CC2(CC2)Sc2[nH]c(C(=O)O)cc21. The van der Waals surface area contributed by atoms with Gasteiger partial charge in [0.15, 0.2) is 0 Å². The lowest BCUT2D eigenvalue weighted by atomic mass is 10.3. The van der Waals surface area contributed by atoms with E-state index in [2.05, 4.69) is 4.98 Å². The van der Waals surface area contributed by atoms with Crippen LogP contribution < -0.4 is 4.90 Å². The average molecular weight is 252 g/mol. The number of amides is 1. The van der Waals surface area contributed by atoms with Gasteiger partial charge in [0.1, 0.15) is 5.69 Å². The highest BCUT2D eigenvalue weighted by Crippen LogP contribution is 2.57. The van der Waals surface area contributed by atoms with E-state index in [-0.39, 0.29) is 16.3 Å². The van der Waals surface area contributed by atoms with Gasteiger partial charge in [-0.2, -0.15) is 0 Å². The van der Waals surface area contributed by atoms with Crippen molar-refractivity contribution in [3.8, 4) is 0 Å². The van der Waals surface area contributed by atoms with Crippen molar-refractivity contribution in [2.24, 2.45) is 0 Å². The van der Waals surface area contributed by atoms with E-state index in [1.54, 1.807) is 22.7 Å². The maximum absolute atomic E-state index is 11.6. The van der Waals surface area contributed by atoms with Crippen LogP contribution in [0, 0.1) is 0 Å².